The molecule has 0 N–H and O–H groups in total. The average Bonchev–Trinajstić information content (AvgIpc) is 3.01. The Balaban J connectivity index is 1.49. The topological polar surface area (TPSA) is 84.9 Å². The van der Waals surface area contributed by atoms with Crippen molar-refractivity contribution in [1.82, 2.24) is 19.2 Å². The Morgan fingerprint density at radius 1 is 1.19 bits per heavy atom. The highest BCUT2D eigenvalue weighted by Gasteiger charge is 2.27. The van der Waals surface area contributed by atoms with E-state index < -0.39 is 5.60 Å². The molecule has 0 aromatic carbocycles. The van der Waals surface area contributed by atoms with Crippen molar-refractivity contribution in [1.29, 1.82) is 0 Å². The predicted octanol–water partition coefficient (Wildman–Crippen LogP) is 2.15. The molecule has 0 atom stereocenters. The van der Waals surface area contributed by atoms with Gasteiger partial charge in [-0.2, -0.15) is 4.37 Å². The average molecular weight is 378 g/mol. The van der Waals surface area contributed by atoms with E-state index in [2.05, 4.69) is 9.36 Å². The molecule has 2 amide bonds. The third kappa shape index (κ3) is 4.40. The van der Waals surface area contributed by atoms with Gasteiger partial charge in [0.1, 0.15) is 10.4 Å². The van der Waals surface area contributed by atoms with Crippen LogP contribution in [0, 0.1) is 0 Å². The van der Waals surface area contributed by atoms with Crippen molar-refractivity contribution in [3.8, 4) is 5.88 Å². The van der Waals surface area contributed by atoms with Crippen LogP contribution in [0.25, 0.3) is 10.2 Å². The van der Waals surface area contributed by atoms with Gasteiger partial charge in [-0.15, -0.1) is 0 Å². The summed E-state index contributed by atoms with van der Waals surface area (Å²) in [5.41, 5.74) is -0.525. The summed E-state index contributed by atoms with van der Waals surface area (Å²) in [7, 11) is 0. The number of rotatable bonds is 3. The summed E-state index contributed by atoms with van der Waals surface area (Å²) in [6.45, 7) is 7.23. The second-order valence-electron chi connectivity index (χ2n) is 6.98. The van der Waals surface area contributed by atoms with Crippen LogP contribution in [-0.4, -0.2) is 69.5 Å². The number of pyridine rings is 1. The Labute approximate surface area is 155 Å². The largest absolute Gasteiger partial charge is 0.466 e. The lowest BCUT2D eigenvalue weighted by Gasteiger charge is -2.35. The van der Waals surface area contributed by atoms with E-state index in [1.54, 1.807) is 22.1 Å². The first-order chi connectivity index (χ1) is 12.3. The van der Waals surface area contributed by atoms with Crippen LogP contribution in [0.1, 0.15) is 20.8 Å². The van der Waals surface area contributed by atoms with Gasteiger partial charge in [-0.05, 0) is 44.4 Å². The molecule has 3 heterocycles. The lowest BCUT2D eigenvalue weighted by molar-refractivity contribution is -0.135. The fourth-order valence-electron chi connectivity index (χ4n) is 2.55. The molecule has 0 saturated carbocycles. The molecule has 2 aromatic rings. The van der Waals surface area contributed by atoms with Gasteiger partial charge in [0.25, 0.3) is 5.91 Å². The van der Waals surface area contributed by atoms with Crippen molar-refractivity contribution < 1.29 is 19.1 Å². The van der Waals surface area contributed by atoms with E-state index in [-0.39, 0.29) is 18.6 Å². The molecule has 0 unspecified atom stereocenters. The Morgan fingerprint density at radius 3 is 2.58 bits per heavy atom. The summed E-state index contributed by atoms with van der Waals surface area (Å²) in [6.07, 6.45) is 1.35. The first kappa shape index (κ1) is 18.4. The SMILES string of the molecule is CC(C)(C)OC(=O)N1CCN(C(=O)COc2nsc3ncccc23)CC1. The molecular formula is C17H22N4O4S. The number of nitrogens with zero attached hydrogens (tertiary/aromatic N) is 4. The van der Waals surface area contributed by atoms with Crippen LogP contribution in [0.2, 0.25) is 0 Å². The van der Waals surface area contributed by atoms with Crippen LogP contribution in [0.4, 0.5) is 4.79 Å². The standard InChI is InChI=1S/C17H22N4O4S/c1-17(2,3)25-16(23)21-9-7-20(8-10-21)13(22)11-24-14-12-5-4-6-18-15(12)26-19-14/h4-6H,7-11H2,1-3H3. The van der Waals surface area contributed by atoms with E-state index >= 15 is 0 Å². The molecule has 0 aliphatic carbocycles. The Kier molecular flexibility index (Phi) is 5.26. The number of aromatic nitrogens is 2. The molecule has 1 saturated heterocycles. The third-order valence-corrected chi connectivity index (χ3v) is 4.59. The molecule has 3 rings (SSSR count). The second kappa shape index (κ2) is 7.45. The zero-order valence-electron chi connectivity index (χ0n) is 15.1. The van der Waals surface area contributed by atoms with Gasteiger partial charge in [0, 0.05) is 32.4 Å². The molecule has 1 aliphatic rings. The summed E-state index contributed by atoms with van der Waals surface area (Å²) < 4.78 is 15.1. The van der Waals surface area contributed by atoms with Crippen LogP contribution < -0.4 is 4.74 Å². The first-order valence-corrected chi connectivity index (χ1v) is 9.20. The molecule has 0 radical (unpaired) electrons. The van der Waals surface area contributed by atoms with E-state index in [1.165, 1.54) is 11.5 Å². The zero-order valence-corrected chi connectivity index (χ0v) is 15.9. The van der Waals surface area contributed by atoms with Crippen molar-refractivity contribution in [2.24, 2.45) is 0 Å². The van der Waals surface area contributed by atoms with E-state index in [9.17, 15) is 9.59 Å². The molecule has 26 heavy (non-hydrogen) atoms. The monoisotopic (exact) mass is 378 g/mol. The number of carbonyl (C=O) groups is 2. The predicted molar refractivity (Wildman–Crippen MR) is 97.3 cm³/mol. The van der Waals surface area contributed by atoms with Crippen LogP contribution in [0.5, 0.6) is 5.88 Å². The Morgan fingerprint density at radius 2 is 1.88 bits per heavy atom. The van der Waals surface area contributed by atoms with Gasteiger partial charge < -0.3 is 19.3 Å². The number of amides is 2. The fraction of sp³-hybridized carbons (Fsp3) is 0.529. The number of ether oxygens (including phenoxy) is 2. The van der Waals surface area contributed by atoms with Gasteiger partial charge in [0.2, 0.25) is 5.88 Å². The van der Waals surface area contributed by atoms with Gasteiger partial charge in [0.05, 0.1) is 5.39 Å². The highest BCUT2D eigenvalue weighted by atomic mass is 32.1. The number of hydrogen-bond acceptors (Lipinski definition) is 7. The number of piperazine rings is 1. The summed E-state index contributed by atoms with van der Waals surface area (Å²) in [4.78, 5) is 32.7. The van der Waals surface area contributed by atoms with Crippen LogP contribution in [0.3, 0.4) is 0 Å². The highest BCUT2D eigenvalue weighted by molar-refractivity contribution is 7.13. The molecule has 2 aromatic heterocycles. The molecule has 1 fully saturated rings. The quantitative estimate of drug-likeness (QED) is 0.814. The van der Waals surface area contributed by atoms with Crippen molar-refractivity contribution in [3.63, 3.8) is 0 Å². The molecule has 1 aliphatic heterocycles. The second-order valence-corrected chi connectivity index (χ2v) is 7.73. The van der Waals surface area contributed by atoms with Gasteiger partial charge in [-0.25, -0.2) is 9.78 Å². The summed E-state index contributed by atoms with van der Waals surface area (Å²) in [5, 5.41) is 0.806. The Hall–Kier alpha value is -2.42. The first-order valence-electron chi connectivity index (χ1n) is 8.42. The molecule has 140 valence electrons. The summed E-state index contributed by atoms with van der Waals surface area (Å²) in [5.74, 6) is 0.303. The van der Waals surface area contributed by atoms with Crippen LogP contribution in [-0.2, 0) is 9.53 Å². The number of hydrogen-bond donors (Lipinski definition) is 0. The van der Waals surface area contributed by atoms with E-state index in [0.29, 0.717) is 32.1 Å². The maximum atomic E-state index is 12.4. The maximum absolute atomic E-state index is 12.4. The van der Waals surface area contributed by atoms with Gasteiger partial charge in [0.15, 0.2) is 6.61 Å². The van der Waals surface area contributed by atoms with Gasteiger partial charge in [-0.3, -0.25) is 4.79 Å². The molecule has 0 bridgehead atoms. The molecule has 9 heteroatoms. The normalized spacial score (nSPS) is 15.2. The van der Waals surface area contributed by atoms with Gasteiger partial charge >= 0.3 is 6.09 Å². The lowest BCUT2D eigenvalue weighted by Crippen LogP contribution is -2.52. The number of fused-ring (bicyclic) bond motifs is 1. The highest BCUT2D eigenvalue weighted by Crippen LogP contribution is 2.26. The van der Waals surface area contributed by atoms with Crippen molar-refractivity contribution in [2.75, 3.05) is 32.8 Å². The van der Waals surface area contributed by atoms with Crippen LogP contribution in [0.15, 0.2) is 18.3 Å². The lowest BCUT2D eigenvalue weighted by atomic mass is 10.2. The Bertz CT molecular complexity index is 793. The van der Waals surface area contributed by atoms with E-state index in [0.717, 1.165) is 10.2 Å². The molecule has 8 nitrogen and oxygen atoms in total. The maximum Gasteiger partial charge on any atom is 0.410 e. The summed E-state index contributed by atoms with van der Waals surface area (Å²) >= 11 is 1.24. The van der Waals surface area contributed by atoms with Crippen molar-refractivity contribution in [2.45, 2.75) is 26.4 Å². The number of carbonyl (C=O) groups excluding carboxylic acids is 2. The van der Waals surface area contributed by atoms with E-state index in [1.807, 2.05) is 26.8 Å². The minimum absolute atomic E-state index is 0.0832. The molecule has 0 spiro atoms. The third-order valence-electron chi connectivity index (χ3n) is 3.83. The molecular weight excluding hydrogens is 356 g/mol. The zero-order chi connectivity index (χ0) is 18.7. The minimum atomic E-state index is -0.525. The fourth-order valence-corrected chi connectivity index (χ4v) is 3.23. The van der Waals surface area contributed by atoms with Crippen LogP contribution >= 0.6 is 11.5 Å². The van der Waals surface area contributed by atoms with E-state index in [4.69, 9.17) is 9.47 Å². The van der Waals surface area contributed by atoms with Gasteiger partial charge in [-0.1, -0.05) is 0 Å². The van der Waals surface area contributed by atoms with Crippen molar-refractivity contribution >= 4 is 33.7 Å². The smallest absolute Gasteiger partial charge is 0.410 e. The van der Waals surface area contributed by atoms with Crippen molar-refractivity contribution in [3.05, 3.63) is 18.3 Å². The summed E-state index contributed by atoms with van der Waals surface area (Å²) in [6, 6.07) is 3.67. The minimum Gasteiger partial charge on any atom is -0.466 e.